The first-order chi connectivity index (χ1) is 11.7. The summed E-state index contributed by atoms with van der Waals surface area (Å²) in [6.07, 6.45) is 0.760. The molecule has 1 amide bonds. The van der Waals surface area contributed by atoms with Gasteiger partial charge in [-0.1, -0.05) is 42.5 Å². The van der Waals surface area contributed by atoms with Crippen molar-refractivity contribution in [3.63, 3.8) is 0 Å². The maximum Gasteiger partial charge on any atom is 0.410 e. The highest BCUT2D eigenvalue weighted by molar-refractivity contribution is 5.69. The highest BCUT2D eigenvalue weighted by Gasteiger charge is 2.33. The molecule has 1 saturated heterocycles. The smallest absolute Gasteiger partial charge is 0.410 e. The van der Waals surface area contributed by atoms with Crippen molar-refractivity contribution in [3.05, 3.63) is 64.7 Å². The average molecular weight is 323 g/mol. The molecule has 2 aromatic rings. The number of amides is 1. The highest BCUT2D eigenvalue weighted by Crippen LogP contribution is 2.35. The normalized spacial score (nSPS) is 16.3. The lowest BCUT2D eigenvalue weighted by atomic mass is 9.89. The lowest BCUT2D eigenvalue weighted by Crippen LogP contribution is -2.48. The summed E-state index contributed by atoms with van der Waals surface area (Å²) in [6, 6.07) is 14.2. The third-order valence-corrected chi connectivity index (χ3v) is 4.81. The molecule has 0 unspecified atom stereocenters. The predicted octanol–water partition coefficient (Wildman–Crippen LogP) is 3.67. The average Bonchev–Trinajstić information content (AvgIpc) is 3.02. The molecule has 0 saturated carbocycles. The van der Waals surface area contributed by atoms with Gasteiger partial charge in [0.2, 0.25) is 0 Å². The molecule has 2 aliphatic rings. The van der Waals surface area contributed by atoms with Gasteiger partial charge in [-0.15, -0.1) is 0 Å². The summed E-state index contributed by atoms with van der Waals surface area (Å²) >= 11 is 0. The van der Waals surface area contributed by atoms with Crippen LogP contribution in [0.2, 0.25) is 0 Å². The van der Waals surface area contributed by atoms with Gasteiger partial charge in [-0.05, 0) is 29.2 Å². The quantitative estimate of drug-likeness (QED) is 0.865. The summed E-state index contributed by atoms with van der Waals surface area (Å²) in [5.74, 6) is 1.45. The first-order valence-corrected chi connectivity index (χ1v) is 8.42. The van der Waals surface area contributed by atoms with Crippen LogP contribution >= 0.6 is 0 Å². The Labute approximate surface area is 142 Å². The number of carbonyl (C=O) groups excluding carboxylic acids is 1. The number of nitrogens with zero attached hydrogens (tertiary/aromatic N) is 1. The molecule has 24 heavy (non-hydrogen) atoms. The molecular formula is C20H21NO3. The van der Waals surface area contributed by atoms with E-state index in [4.69, 9.17) is 9.47 Å². The van der Waals surface area contributed by atoms with Gasteiger partial charge in [0.1, 0.15) is 12.4 Å². The molecule has 0 N–H and O–H groups in total. The van der Waals surface area contributed by atoms with E-state index in [-0.39, 0.29) is 6.09 Å². The first-order valence-electron chi connectivity index (χ1n) is 8.42. The van der Waals surface area contributed by atoms with Crippen LogP contribution in [0.5, 0.6) is 5.75 Å². The van der Waals surface area contributed by atoms with Crippen molar-refractivity contribution in [2.45, 2.75) is 25.9 Å². The second-order valence-electron chi connectivity index (χ2n) is 6.57. The number of hydrogen-bond acceptors (Lipinski definition) is 3. The largest absolute Gasteiger partial charge is 0.493 e. The number of rotatable bonds is 3. The van der Waals surface area contributed by atoms with Gasteiger partial charge < -0.3 is 14.4 Å². The molecule has 4 rings (SSSR count). The van der Waals surface area contributed by atoms with Crippen molar-refractivity contribution >= 4 is 6.09 Å². The SMILES string of the molecule is Cc1cc(C2CN(C(=O)OCc3ccccc3)C2)cc2c1OCC2. The van der Waals surface area contributed by atoms with Crippen LogP contribution in [0.1, 0.15) is 28.2 Å². The second-order valence-corrected chi connectivity index (χ2v) is 6.57. The summed E-state index contributed by atoms with van der Waals surface area (Å²) in [5, 5.41) is 0. The Morgan fingerprint density at radius 2 is 2.04 bits per heavy atom. The van der Waals surface area contributed by atoms with Gasteiger partial charge in [0, 0.05) is 25.4 Å². The van der Waals surface area contributed by atoms with E-state index in [9.17, 15) is 4.79 Å². The minimum absolute atomic E-state index is 0.226. The molecule has 0 spiro atoms. The van der Waals surface area contributed by atoms with Crippen molar-refractivity contribution < 1.29 is 14.3 Å². The van der Waals surface area contributed by atoms with Crippen molar-refractivity contribution in [1.82, 2.24) is 4.90 Å². The van der Waals surface area contributed by atoms with E-state index in [1.54, 1.807) is 4.90 Å². The van der Waals surface area contributed by atoms with Crippen molar-refractivity contribution in [1.29, 1.82) is 0 Å². The molecule has 2 aromatic carbocycles. The molecule has 2 heterocycles. The van der Waals surface area contributed by atoms with Crippen LogP contribution < -0.4 is 4.74 Å². The summed E-state index contributed by atoms with van der Waals surface area (Å²) in [6.45, 7) is 4.66. The fourth-order valence-corrected chi connectivity index (χ4v) is 3.42. The Morgan fingerprint density at radius 3 is 2.83 bits per heavy atom. The molecule has 4 heteroatoms. The minimum Gasteiger partial charge on any atom is -0.493 e. The monoisotopic (exact) mass is 323 g/mol. The van der Waals surface area contributed by atoms with Crippen molar-refractivity contribution in [3.8, 4) is 5.75 Å². The molecule has 0 bridgehead atoms. The van der Waals surface area contributed by atoms with Gasteiger partial charge in [-0.3, -0.25) is 0 Å². The molecule has 1 fully saturated rings. The van der Waals surface area contributed by atoms with Crippen molar-refractivity contribution in [2.75, 3.05) is 19.7 Å². The van der Waals surface area contributed by atoms with Crippen molar-refractivity contribution in [2.24, 2.45) is 0 Å². The molecule has 0 atom stereocenters. The number of likely N-dealkylation sites (tertiary alicyclic amines) is 1. The molecule has 4 nitrogen and oxygen atoms in total. The fourth-order valence-electron chi connectivity index (χ4n) is 3.42. The van der Waals surface area contributed by atoms with Gasteiger partial charge in [-0.2, -0.15) is 0 Å². The van der Waals surface area contributed by atoms with E-state index in [1.807, 2.05) is 30.3 Å². The van der Waals surface area contributed by atoms with Gasteiger partial charge >= 0.3 is 6.09 Å². The maximum atomic E-state index is 12.1. The van der Waals surface area contributed by atoms with E-state index in [2.05, 4.69) is 19.1 Å². The van der Waals surface area contributed by atoms with E-state index in [0.29, 0.717) is 12.5 Å². The van der Waals surface area contributed by atoms with E-state index >= 15 is 0 Å². The third-order valence-electron chi connectivity index (χ3n) is 4.81. The Hall–Kier alpha value is -2.49. The highest BCUT2D eigenvalue weighted by atomic mass is 16.6. The van der Waals surface area contributed by atoms with Crippen LogP contribution in [0.4, 0.5) is 4.79 Å². The lowest BCUT2D eigenvalue weighted by molar-refractivity contribution is 0.0664. The van der Waals surface area contributed by atoms with Crippen LogP contribution in [-0.2, 0) is 17.8 Å². The van der Waals surface area contributed by atoms with Gasteiger partial charge in [0.05, 0.1) is 6.61 Å². The van der Waals surface area contributed by atoms with Gasteiger partial charge in [0.25, 0.3) is 0 Å². The molecular weight excluding hydrogens is 302 g/mol. The predicted molar refractivity (Wildman–Crippen MR) is 91.3 cm³/mol. The zero-order chi connectivity index (χ0) is 16.5. The number of aryl methyl sites for hydroxylation is 1. The van der Waals surface area contributed by atoms with E-state index < -0.39 is 0 Å². The van der Waals surface area contributed by atoms with Crippen LogP contribution in [0.25, 0.3) is 0 Å². The summed E-state index contributed by atoms with van der Waals surface area (Å²) < 4.78 is 11.0. The standard InChI is InChI=1S/C20H21NO3/c1-14-9-17(10-16-7-8-23-19(14)16)18-11-21(12-18)20(22)24-13-15-5-3-2-4-6-15/h2-6,9-10,18H,7-8,11-13H2,1H3. The fraction of sp³-hybridized carbons (Fsp3) is 0.350. The number of benzene rings is 2. The Bertz CT molecular complexity index is 751. The lowest BCUT2D eigenvalue weighted by Gasteiger charge is -2.38. The maximum absolute atomic E-state index is 12.1. The number of ether oxygens (including phenoxy) is 2. The Balaban J connectivity index is 1.33. The van der Waals surface area contributed by atoms with E-state index in [0.717, 1.165) is 37.4 Å². The van der Waals surface area contributed by atoms with Crippen LogP contribution in [-0.4, -0.2) is 30.7 Å². The summed E-state index contributed by atoms with van der Waals surface area (Å²) in [4.78, 5) is 13.9. The summed E-state index contributed by atoms with van der Waals surface area (Å²) in [5.41, 5.74) is 4.82. The van der Waals surface area contributed by atoms with Crippen LogP contribution in [0.15, 0.2) is 42.5 Å². The zero-order valence-electron chi connectivity index (χ0n) is 13.8. The molecule has 0 aromatic heterocycles. The molecule has 0 aliphatic carbocycles. The van der Waals surface area contributed by atoms with E-state index in [1.165, 1.54) is 16.7 Å². The Kier molecular flexibility index (Phi) is 3.89. The second kappa shape index (κ2) is 6.19. The van der Waals surface area contributed by atoms with Crippen LogP contribution in [0, 0.1) is 6.92 Å². The number of hydrogen-bond donors (Lipinski definition) is 0. The molecule has 0 radical (unpaired) electrons. The topological polar surface area (TPSA) is 38.8 Å². The Morgan fingerprint density at radius 1 is 1.25 bits per heavy atom. The molecule has 2 aliphatic heterocycles. The molecule has 124 valence electrons. The van der Waals surface area contributed by atoms with Crippen LogP contribution in [0.3, 0.4) is 0 Å². The van der Waals surface area contributed by atoms with Gasteiger partial charge in [-0.25, -0.2) is 4.79 Å². The number of fused-ring (bicyclic) bond motifs is 1. The number of carbonyl (C=O) groups is 1. The first kappa shape index (κ1) is 15.1. The summed E-state index contributed by atoms with van der Waals surface area (Å²) in [7, 11) is 0. The zero-order valence-corrected chi connectivity index (χ0v) is 13.8. The third kappa shape index (κ3) is 2.84. The minimum atomic E-state index is -0.226. The van der Waals surface area contributed by atoms with Gasteiger partial charge in [0.15, 0.2) is 0 Å².